The number of thioether (sulfide) groups is 1. The third-order valence-corrected chi connectivity index (χ3v) is 6.26. The van der Waals surface area contributed by atoms with Gasteiger partial charge in [0.25, 0.3) is 0 Å². The molecule has 0 saturated carbocycles. The van der Waals surface area contributed by atoms with Crippen molar-refractivity contribution in [2.24, 2.45) is 5.92 Å². The third-order valence-electron chi connectivity index (χ3n) is 3.12. The van der Waals surface area contributed by atoms with Gasteiger partial charge in [-0.05, 0) is 42.0 Å². The highest BCUT2D eigenvalue weighted by atomic mass is 35.5. The summed E-state index contributed by atoms with van der Waals surface area (Å²) in [6.07, 6.45) is 1.04. The number of halogens is 1. The van der Waals surface area contributed by atoms with E-state index in [1.54, 1.807) is 6.07 Å². The van der Waals surface area contributed by atoms with Crippen LogP contribution in [0.4, 0.5) is 0 Å². The van der Waals surface area contributed by atoms with Crippen LogP contribution in [-0.4, -0.2) is 38.2 Å². The summed E-state index contributed by atoms with van der Waals surface area (Å²) in [5, 5.41) is 8.77. The van der Waals surface area contributed by atoms with Crippen LogP contribution in [0.5, 0.6) is 0 Å². The lowest BCUT2D eigenvalue weighted by atomic mass is 10.1. The predicted octanol–water partition coefficient (Wildman–Crippen LogP) is 1.72. The van der Waals surface area contributed by atoms with Crippen LogP contribution >= 0.6 is 23.4 Å². The van der Waals surface area contributed by atoms with Crippen LogP contribution in [0.3, 0.4) is 0 Å². The Kier molecular flexibility index (Phi) is 5.97. The fourth-order valence-electron chi connectivity index (χ4n) is 1.99. The number of nitrogens with one attached hydrogen (secondary N) is 1. The monoisotopic (exact) mass is 345 g/mol. The number of benzene rings is 1. The lowest BCUT2D eigenvalue weighted by Gasteiger charge is -2.12. The SMILES string of the molecule is O=S(=O)(NCC1CCSC1)c1ccc(C#CCO)cc1Cl. The molecular weight excluding hydrogens is 330 g/mol. The summed E-state index contributed by atoms with van der Waals surface area (Å²) in [5.74, 6) is 7.65. The molecule has 0 bridgehead atoms. The molecule has 1 aliphatic heterocycles. The summed E-state index contributed by atoms with van der Waals surface area (Å²) < 4.78 is 27.1. The lowest BCUT2D eigenvalue weighted by Crippen LogP contribution is -2.29. The molecule has 1 aromatic rings. The first-order valence-electron chi connectivity index (χ1n) is 6.49. The van der Waals surface area contributed by atoms with E-state index in [1.807, 2.05) is 11.8 Å². The average molecular weight is 346 g/mol. The fourth-order valence-corrected chi connectivity index (χ4v) is 4.93. The van der Waals surface area contributed by atoms with Crippen molar-refractivity contribution in [3.05, 3.63) is 28.8 Å². The van der Waals surface area contributed by atoms with E-state index in [1.165, 1.54) is 12.1 Å². The zero-order chi connectivity index (χ0) is 15.3. The minimum atomic E-state index is -3.60. The molecule has 114 valence electrons. The quantitative estimate of drug-likeness (QED) is 0.815. The molecule has 4 nitrogen and oxygen atoms in total. The summed E-state index contributed by atoms with van der Waals surface area (Å²) in [6.45, 7) is 0.191. The smallest absolute Gasteiger partial charge is 0.242 e. The number of aliphatic hydroxyl groups excluding tert-OH is 1. The number of hydrogen-bond donors (Lipinski definition) is 2. The van der Waals surface area contributed by atoms with Crippen molar-refractivity contribution in [3.63, 3.8) is 0 Å². The van der Waals surface area contributed by atoms with Crippen LogP contribution in [0.15, 0.2) is 23.1 Å². The summed E-state index contributed by atoms with van der Waals surface area (Å²) in [5.41, 5.74) is 0.570. The zero-order valence-electron chi connectivity index (χ0n) is 11.3. The summed E-state index contributed by atoms with van der Waals surface area (Å²) in [6, 6.07) is 4.51. The molecule has 21 heavy (non-hydrogen) atoms. The number of aliphatic hydroxyl groups is 1. The molecule has 1 aromatic carbocycles. The molecule has 1 atom stereocenters. The Labute approximate surface area is 134 Å². The second-order valence-electron chi connectivity index (χ2n) is 4.69. The summed E-state index contributed by atoms with van der Waals surface area (Å²) in [7, 11) is -3.60. The molecule has 1 fully saturated rings. The van der Waals surface area contributed by atoms with Gasteiger partial charge >= 0.3 is 0 Å². The van der Waals surface area contributed by atoms with Crippen LogP contribution in [0, 0.1) is 17.8 Å². The highest BCUT2D eigenvalue weighted by Crippen LogP contribution is 2.25. The van der Waals surface area contributed by atoms with Gasteiger partial charge < -0.3 is 5.11 Å². The van der Waals surface area contributed by atoms with Gasteiger partial charge in [0.15, 0.2) is 0 Å². The van der Waals surface area contributed by atoms with Crippen molar-refractivity contribution < 1.29 is 13.5 Å². The number of sulfonamides is 1. The zero-order valence-corrected chi connectivity index (χ0v) is 13.7. The molecule has 2 N–H and O–H groups in total. The summed E-state index contributed by atoms with van der Waals surface area (Å²) in [4.78, 5) is 0.0596. The Morgan fingerprint density at radius 2 is 2.29 bits per heavy atom. The van der Waals surface area contributed by atoms with Crippen molar-refractivity contribution in [3.8, 4) is 11.8 Å². The molecule has 1 aliphatic rings. The van der Waals surface area contributed by atoms with Crippen molar-refractivity contribution in [1.29, 1.82) is 0 Å². The fraction of sp³-hybridized carbons (Fsp3) is 0.429. The lowest BCUT2D eigenvalue weighted by molar-refractivity contribution is 0.350. The van der Waals surface area contributed by atoms with Gasteiger partial charge in [0.2, 0.25) is 10.0 Å². The molecule has 1 saturated heterocycles. The van der Waals surface area contributed by atoms with Crippen molar-refractivity contribution in [1.82, 2.24) is 4.72 Å². The van der Waals surface area contributed by atoms with Crippen LogP contribution in [0.1, 0.15) is 12.0 Å². The van der Waals surface area contributed by atoms with Gasteiger partial charge in [-0.3, -0.25) is 0 Å². The first-order chi connectivity index (χ1) is 10.0. The highest BCUT2D eigenvalue weighted by Gasteiger charge is 2.21. The van der Waals surface area contributed by atoms with E-state index in [-0.39, 0.29) is 16.5 Å². The second kappa shape index (κ2) is 7.52. The molecule has 0 radical (unpaired) electrons. The maximum Gasteiger partial charge on any atom is 0.242 e. The van der Waals surface area contributed by atoms with E-state index < -0.39 is 10.0 Å². The average Bonchev–Trinajstić information content (AvgIpc) is 2.96. The minimum Gasteiger partial charge on any atom is -0.384 e. The Hall–Kier alpha value is -0.710. The van der Waals surface area contributed by atoms with Gasteiger partial charge in [0.1, 0.15) is 11.5 Å². The van der Waals surface area contributed by atoms with Gasteiger partial charge in [0, 0.05) is 12.1 Å². The van der Waals surface area contributed by atoms with E-state index in [9.17, 15) is 8.42 Å². The first-order valence-corrected chi connectivity index (χ1v) is 9.51. The van der Waals surface area contributed by atoms with Crippen molar-refractivity contribution in [2.45, 2.75) is 11.3 Å². The first kappa shape index (κ1) is 16.7. The van der Waals surface area contributed by atoms with Crippen molar-refractivity contribution in [2.75, 3.05) is 24.7 Å². The normalized spacial score (nSPS) is 18.3. The topological polar surface area (TPSA) is 66.4 Å². The second-order valence-corrected chi connectivity index (χ2v) is 7.98. The van der Waals surface area contributed by atoms with Crippen LogP contribution in [0.2, 0.25) is 5.02 Å². The van der Waals surface area contributed by atoms with Crippen LogP contribution in [-0.2, 0) is 10.0 Å². The number of rotatable bonds is 4. The van der Waals surface area contributed by atoms with Gasteiger partial charge in [0.05, 0.1) is 5.02 Å². The molecule has 0 aliphatic carbocycles. The van der Waals surface area contributed by atoms with Gasteiger partial charge in [-0.2, -0.15) is 11.8 Å². The minimum absolute atomic E-state index is 0.0596. The maximum absolute atomic E-state index is 12.3. The molecular formula is C14H16ClNO3S2. The largest absolute Gasteiger partial charge is 0.384 e. The van der Waals surface area contributed by atoms with Crippen LogP contribution < -0.4 is 4.72 Å². The molecule has 0 aromatic heterocycles. The third kappa shape index (κ3) is 4.63. The molecule has 0 amide bonds. The van der Waals surface area contributed by atoms with Gasteiger partial charge in [-0.1, -0.05) is 23.4 Å². The van der Waals surface area contributed by atoms with E-state index in [0.29, 0.717) is 18.0 Å². The van der Waals surface area contributed by atoms with E-state index >= 15 is 0 Å². The Morgan fingerprint density at radius 1 is 1.48 bits per heavy atom. The van der Waals surface area contributed by atoms with Crippen LogP contribution in [0.25, 0.3) is 0 Å². The summed E-state index contributed by atoms with van der Waals surface area (Å²) >= 11 is 7.88. The standard InChI is InChI=1S/C14H16ClNO3S2/c15-13-8-11(2-1-6-17)3-4-14(13)21(18,19)16-9-12-5-7-20-10-12/h3-4,8,12,16-17H,5-7,9-10H2. The molecule has 1 heterocycles. The Morgan fingerprint density at radius 3 is 2.90 bits per heavy atom. The molecule has 2 rings (SSSR count). The Balaban J connectivity index is 2.11. The predicted molar refractivity (Wildman–Crippen MR) is 86.0 cm³/mol. The maximum atomic E-state index is 12.3. The molecule has 0 spiro atoms. The van der Waals surface area contributed by atoms with E-state index in [2.05, 4.69) is 16.6 Å². The number of hydrogen-bond acceptors (Lipinski definition) is 4. The van der Waals surface area contributed by atoms with E-state index in [4.69, 9.17) is 16.7 Å². The van der Waals surface area contributed by atoms with Crippen molar-refractivity contribution >= 4 is 33.4 Å². The van der Waals surface area contributed by atoms with E-state index in [0.717, 1.165) is 17.9 Å². The Bertz CT molecular complexity index is 659. The van der Waals surface area contributed by atoms with Gasteiger partial charge in [-0.15, -0.1) is 0 Å². The highest BCUT2D eigenvalue weighted by molar-refractivity contribution is 7.99. The molecule has 7 heteroatoms. The molecule has 1 unspecified atom stereocenters. The van der Waals surface area contributed by atoms with Gasteiger partial charge in [-0.25, -0.2) is 13.1 Å².